The molecule has 1 fully saturated rings. The molecule has 2 heterocycles. The van der Waals surface area contributed by atoms with Crippen LogP contribution in [0.2, 0.25) is 5.02 Å². The molecule has 1 saturated carbocycles. The van der Waals surface area contributed by atoms with E-state index < -0.39 is 11.4 Å². The lowest BCUT2D eigenvalue weighted by molar-refractivity contribution is -0.156. The molecule has 1 aromatic carbocycles. The van der Waals surface area contributed by atoms with Gasteiger partial charge in [0.2, 0.25) is 5.91 Å². The van der Waals surface area contributed by atoms with E-state index in [4.69, 9.17) is 16.3 Å². The van der Waals surface area contributed by atoms with Crippen molar-refractivity contribution in [1.29, 1.82) is 0 Å². The van der Waals surface area contributed by atoms with Crippen LogP contribution in [0.4, 0.5) is 0 Å². The largest absolute Gasteiger partial charge is 0.468 e. The maximum Gasteiger partial charge on any atom is 0.321 e. The van der Waals surface area contributed by atoms with Gasteiger partial charge in [0.25, 0.3) is 0 Å². The summed E-state index contributed by atoms with van der Waals surface area (Å²) in [5.41, 5.74) is 1.70. The topological polar surface area (TPSA) is 64.4 Å². The SMILES string of the molecule is COC(=O)C1(C(=O)N2Cc3cnn(-c4ccccc4Cl)c3CC(C)(C)C2)CC1. The molecule has 0 unspecified atom stereocenters. The summed E-state index contributed by atoms with van der Waals surface area (Å²) in [6, 6.07) is 7.60. The van der Waals surface area contributed by atoms with Crippen molar-refractivity contribution in [3.8, 4) is 5.69 Å². The second kappa shape index (κ2) is 6.62. The van der Waals surface area contributed by atoms with Crippen molar-refractivity contribution in [2.75, 3.05) is 13.7 Å². The maximum atomic E-state index is 13.2. The first-order valence-electron chi connectivity index (χ1n) is 9.46. The van der Waals surface area contributed by atoms with Crippen LogP contribution < -0.4 is 0 Å². The van der Waals surface area contributed by atoms with Crippen LogP contribution in [0.15, 0.2) is 30.5 Å². The third-order valence-electron chi connectivity index (χ3n) is 5.68. The molecular formula is C21H24ClN3O3. The highest BCUT2D eigenvalue weighted by Crippen LogP contribution is 2.49. The molecule has 2 aromatic rings. The Bertz CT molecular complexity index is 946. The Morgan fingerprint density at radius 1 is 1.21 bits per heavy atom. The third kappa shape index (κ3) is 3.09. The van der Waals surface area contributed by atoms with E-state index in [1.807, 2.05) is 28.9 Å². The molecule has 148 valence electrons. The van der Waals surface area contributed by atoms with Gasteiger partial charge in [-0.05, 0) is 36.8 Å². The molecule has 6 nitrogen and oxygen atoms in total. The van der Waals surface area contributed by atoms with Gasteiger partial charge in [-0.25, -0.2) is 4.68 Å². The Morgan fingerprint density at radius 3 is 2.57 bits per heavy atom. The van der Waals surface area contributed by atoms with Gasteiger partial charge in [-0.2, -0.15) is 5.10 Å². The van der Waals surface area contributed by atoms with Crippen LogP contribution in [0.3, 0.4) is 0 Å². The van der Waals surface area contributed by atoms with Crippen molar-refractivity contribution in [3.63, 3.8) is 0 Å². The number of carbonyl (C=O) groups excluding carboxylic acids is 2. The van der Waals surface area contributed by atoms with Gasteiger partial charge >= 0.3 is 5.97 Å². The fourth-order valence-electron chi connectivity index (χ4n) is 4.12. The zero-order valence-corrected chi connectivity index (χ0v) is 17.1. The summed E-state index contributed by atoms with van der Waals surface area (Å²) in [6.45, 7) is 5.26. The molecule has 1 aromatic heterocycles. The molecular weight excluding hydrogens is 378 g/mol. The Balaban J connectivity index is 1.71. The number of nitrogens with zero attached hydrogens (tertiary/aromatic N) is 3. The molecule has 1 aliphatic carbocycles. The normalized spacial score (nSPS) is 19.5. The van der Waals surface area contributed by atoms with E-state index >= 15 is 0 Å². The van der Waals surface area contributed by atoms with Gasteiger partial charge in [0, 0.05) is 24.3 Å². The van der Waals surface area contributed by atoms with E-state index in [0.29, 0.717) is 31.0 Å². The number of carbonyl (C=O) groups is 2. The highest BCUT2D eigenvalue weighted by atomic mass is 35.5. The second-order valence-electron chi connectivity index (χ2n) is 8.56. The predicted molar refractivity (Wildman–Crippen MR) is 105 cm³/mol. The number of para-hydroxylation sites is 1. The number of fused-ring (bicyclic) bond motifs is 1. The maximum absolute atomic E-state index is 13.2. The van der Waals surface area contributed by atoms with Crippen LogP contribution in [0.25, 0.3) is 5.69 Å². The van der Waals surface area contributed by atoms with Gasteiger partial charge in [-0.15, -0.1) is 0 Å². The average molecular weight is 402 g/mol. The molecule has 7 heteroatoms. The highest BCUT2D eigenvalue weighted by Gasteiger charge is 2.59. The Morgan fingerprint density at radius 2 is 1.93 bits per heavy atom. The summed E-state index contributed by atoms with van der Waals surface area (Å²) in [6.07, 6.45) is 3.67. The quantitative estimate of drug-likeness (QED) is 0.584. The molecule has 1 aliphatic heterocycles. The fourth-order valence-corrected chi connectivity index (χ4v) is 4.33. The van der Waals surface area contributed by atoms with E-state index in [-0.39, 0.29) is 11.3 Å². The van der Waals surface area contributed by atoms with Gasteiger partial charge in [-0.3, -0.25) is 9.59 Å². The van der Waals surface area contributed by atoms with Crippen LogP contribution in [0.1, 0.15) is 37.9 Å². The number of hydrogen-bond acceptors (Lipinski definition) is 4. The zero-order valence-electron chi connectivity index (χ0n) is 16.4. The van der Waals surface area contributed by atoms with Gasteiger partial charge < -0.3 is 9.64 Å². The fraction of sp³-hybridized carbons (Fsp3) is 0.476. The summed E-state index contributed by atoms with van der Waals surface area (Å²) in [4.78, 5) is 27.2. The minimum absolute atomic E-state index is 0.134. The minimum atomic E-state index is -0.992. The number of esters is 1. The zero-order chi connectivity index (χ0) is 20.1. The Kier molecular flexibility index (Phi) is 4.49. The molecule has 0 bridgehead atoms. The molecule has 4 rings (SSSR count). The van der Waals surface area contributed by atoms with Gasteiger partial charge in [0.1, 0.15) is 5.41 Å². The molecule has 0 spiro atoms. The lowest BCUT2D eigenvalue weighted by atomic mass is 9.87. The first kappa shape index (κ1) is 19.0. The minimum Gasteiger partial charge on any atom is -0.468 e. The monoisotopic (exact) mass is 401 g/mol. The second-order valence-corrected chi connectivity index (χ2v) is 8.96. The molecule has 0 saturated heterocycles. The summed E-state index contributed by atoms with van der Waals surface area (Å²) in [5.74, 6) is -0.558. The lowest BCUT2D eigenvalue weighted by Gasteiger charge is -2.31. The van der Waals surface area contributed by atoms with Crippen LogP contribution in [0, 0.1) is 10.8 Å². The molecule has 2 aliphatic rings. The van der Waals surface area contributed by atoms with Crippen molar-refractivity contribution in [2.24, 2.45) is 10.8 Å². The van der Waals surface area contributed by atoms with E-state index in [0.717, 1.165) is 23.4 Å². The summed E-state index contributed by atoms with van der Waals surface area (Å²) in [5, 5.41) is 5.19. The number of rotatable bonds is 3. The van der Waals surface area contributed by atoms with Crippen LogP contribution >= 0.6 is 11.6 Å². The smallest absolute Gasteiger partial charge is 0.321 e. The van der Waals surface area contributed by atoms with Crippen molar-refractivity contribution in [2.45, 2.75) is 39.7 Å². The van der Waals surface area contributed by atoms with Crippen LogP contribution in [-0.2, 0) is 27.3 Å². The predicted octanol–water partition coefficient (Wildman–Crippen LogP) is 3.39. The summed E-state index contributed by atoms with van der Waals surface area (Å²) in [7, 11) is 1.34. The number of amides is 1. The van der Waals surface area contributed by atoms with Gasteiger partial charge in [-0.1, -0.05) is 37.6 Å². The van der Waals surface area contributed by atoms with E-state index in [1.165, 1.54) is 7.11 Å². The Labute approximate surface area is 169 Å². The van der Waals surface area contributed by atoms with Crippen molar-refractivity contribution >= 4 is 23.5 Å². The molecule has 28 heavy (non-hydrogen) atoms. The summed E-state index contributed by atoms with van der Waals surface area (Å²) >= 11 is 6.39. The molecule has 0 atom stereocenters. The average Bonchev–Trinajstić information content (AvgIpc) is 3.41. The molecule has 0 N–H and O–H groups in total. The molecule has 0 radical (unpaired) electrons. The van der Waals surface area contributed by atoms with Crippen molar-refractivity contribution in [3.05, 3.63) is 46.7 Å². The van der Waals surface area contributed by atoms with Crippen molar-refractivity contribution in [1.82, 2.24) is 14.7 Å². The summed E-state index contributed by atoms with van der Waals surface area (Å²) < 4.78 is 6.78. The van der Waals surface area contributed by atoms with Crippen molar-refractivity contribution < 1.29 is 14.3 Å². The number of aromatic nitrogens is 2. The number of benzene rings is 1. The van der Waals surface area contributed by atoms with Gasteiger partial charge in [0.15, 0.2) is 0 Å². The highest BCUT2D eigenvalue weighted by molar-refractivity contribution is 6.32. The van der Waals surface area contributed by atoms with E-state index in [2.05, 4.69) is 18.9 Å². The number of hydrogen-bond donors (Lipinski definition) is 0. The van der Waals surface area contributed by atoms with Gasteiger partial charge in [0.05, 0.1) is 24.0 Å². The van der Waals surface area contributed by atoms with Crippen LogP contribution in [0.5, 0.6) is 0 Å². The van der Waals surface area contributed by atoms with Crippen LogP contribution in [-0.4, -0.2) is 40.2 Å². The lowest BCUT2D eigenvalue weighted by Crippen LogP contribution is -2.44. The first-order valence-corrected chi connectivity index (χ1v) is 9.84. The number of methoxy groups -OCH3 is 1. The van der Waals surface area contributed by atoms with E-state index in [1.54, 1.807) is 11.1 Å². The number of ether oxygens (including phenoxy) is 1. The number of halogens is 1. The first-order chi connectivity index (χ1) is 13.3. The Hall–Kier alpha value is -2.34. The van der Waals surface area contributed by atoms with E-state index in [9.17, 15) is 9.59 Å². The standard InChI is InChI=1S/C21H24ClN3O3/c1-20(2)10-17-14(11-23-25(17)16-7-5-4-6-15(16)22)12-24(13-20)18(26)21(8-9-21)19(27)28-3/h4-7,11H,8-10,12-13H2,1-3H3. The third-order valence-corrected chi connectivity index (χ3v) is 6.00. The molecule has 1 amide bonds.